The van der Waals surface area contributed by atoms with Crippen molar-refractivity contribution < 1.29 is 14.6 Å². The van der Waals surface area contributed by atoms with Crippen LogP contribution in [0.4, 0.5) is 5.69 Å². The molecule has 1 N–H and O–H groups in total. The summed E-state index contributed by atoms with van der Waals surface area (Å²) in [4.78, 5) is 14.5. The summed E-state index contributed by atoms with van der Waals surface area (Å²) >= 11 is 0. The van der Waals surface area contributed by atoms with Crippen LogP contribution >= 0.6 is 0 Å². The number of anilines is 1. The zero-order chi connectivity index (χ0) is 17.1. The minimum atomic E-state index is -0.491. The number of aliphatic hydroxyl groups excluding tert-OH is 1. The molecule has 1 aliphatic rings. The first-order valence-electron chi connectivity index (χ1n) is 8.39. The number of aryl methyl sites for hydroxylation is 1. The zero-order valence-electron chi connectivity index (χ0n) is 14.2. The van der Waals surface area contributed by atoms with Gasteiger partial charge in [0.15, 0.2) is 0 Å². The van der Waals surface area contributed by atoms with Crippen molar-refractivity contribution in [2.24, 2.45) is 0 Å². The number of hydrogen-bond donors (Lipinski definition) is 1. The molecule has 0 saturated carbocycles. The van der Waals surface area contributed by atoms with E-state index < -0.39 is 6.10 Å². The number of fused-ring (bicyclic) bond motifs is 1. The highest BCUT2D eigenvalue weighted by atomic mass is 16.5. The van der Waals surface area contributed by atoms with Gasteiger partial charge in [-0.15, -0.1) is 0 Å². The second kappa shape index (κ2) is 7.05. The number of nitrogens with zero attached hydrogens (tertiary/aromatic N) is 1. The summed E-state index contributed by atoms with van der Waals surface area (Å²) in [7, 11) is 0. The van der Waals surface area contributed by atoms with Crippen molar-refractivity contribution in [2.75, 3.05) is 18.1 Å². The lowest BCUT2D eigenvalue weighted by Gasteiger charge is -2.32. The smallest absolute Gasteiger partial charge is 0.231 e. The molecule has 0 aromatic heterocycles. The van der Waals surface area contributed by atoms with Gasteiger partial charge in [-0.1, -0.05) is 29.8 Å². The van der Waals surface area contributed by atoms with E-state index in [1.54, 1.807) is 4.90 Å². The van der Waals surface area contributed by atoms with Crippen LogP contribution in [-0.4, -0.2) is 24.2 Å². The molecule has 0 aliphatic carbocycles. The molecule has 0 radical (unpaired) electrons. The summed E-state index contributed by atoms with van der Waals surface area (Å²) in [6.07, 6.45) is 0.427. The molecule has 0 fully saturated rings. The molecule has 4 nitrogen and oxygen atoms in total. The minimum Gasteiger partial charge on any atom is -0.494 e. The second-order valence-electron chi connectivity index (χ2n) is 6.17. The maximum atomic E-state index is 12.7. The lowest BCUT2D eigenvalue weighted by Crippen LogP contribution is -2.37. The standard InChI is InChI=1S/C20H23NO3/c1-3-24-16-7-5-15(6-8-16)13-20(23)21-11-10-19(22)17-12-14(2)4-9-18(17)21/h4-9,12,19,22H,3,10-11,13H2,1-2H3. The lowest BCUT2D eigenvalue weighted by molar-refractivity contribution is -0.118. The number of amides is 1. The molecule has 2 aromatic rings. The molecular weight excluding hydrogens is 302 g/mol. The van der Waals surface area contributed by atoms with Gasteiger partial charge in [0.2, 0.25) is 5.91 Å². The van der Waals surface area contributed by atoms with Crippen LogP contribution < -0.4 is 9.64 Å². The summed E-state index contributed by atoms with van der Waals surface area (Å²) in [5.41, 5.74) is 3.73. The molecule has 0 bridgehead atoms. The maximum absolute atomic E-state index is 12.7. The first kappa shape index (κ1) is 16.5. The Morgan fingerprint density at radius 3 is 2.71 bits per heavy atom. The Balaban J connectivity index is 1.77. The van der Waals surface area contributed by atoms with E-state index in [0.29, 0.717) is 26.0 Å². The van der Waals surface area contributed by atoms with Gasteiger partial charge in [0.25, 0.3) is 0 Å². The molecule has 24 heavy (non-hydrogen) atoms. The van der Waals surface area contributed by atoms with Crippen molar-refractivity contribution in [3.05, 3.63) is 59.2 Å². The third-order valence-electron chi connectivity index (χ3n) is 4.35. The maximum Gasteiger partial charge on any atom is 0.231 e. The highest BCUT2D eigenvalue weighted by Gasteiger charge is 2.27. The van der Waals surface area contributed by atoms with Crippen LogP contribution in [-0.2, 0) is 11.2 Å². The van der Waals surface area contributed by atoms with Gasteiger partial charge in [-0.2, -0.15) is 0 Å². The molecule has 2 aromatic carbocycles. The van der Waals surface area contributed by atoms with Gasteiger partial charge in [0, 0.05) is 17.8 Å². The number of ether oxygens (including phenoxy) is 1. The number of hydrogen-bond acceptors (Lipinski definition) is 3. The molecule has 0 spiro atoms. The molecule has 3 rings (SSSR count). The van der Waals surface area contributed by atoms with Crippen molar-refractivity contribution in [3.63, 3.8) is 0 Å². The fourth-order valence-corrected chi connectivity index (χ4v) is 3.11. The Bertz CT molecular complexity index is 724. The van der Waals surface area contributed by atoms with E-state index in [2.05, 4.69) is 0 Å². The van der Waals surface area contributed by atoms with Crippen molar-refractivity contribution in [3.8, 4) is 5.75 Å². The van der Waals surface area contributed by atoms with Gasteiger partial charge in [-0.05, 0) is 44.0 Å². The van der Waals surface area contributed by atoms with Crippen LogP contribution in [0.3, 0.4) is 0 Å². The van der Waals surface area contributed by atoms with Crippen LogP contribution in [0.2, 0.25) is 0 Å². The number of benzene rings is 2. The SMILES string of the molecule is CCOc1ccc(CC(=O)N2CCC(O)c3cc(C)ccc32)cc1. The number of aliphatic hydroxyl groups is 1. The topological polar surface area (TPSA) is 49.8 Å². The van der Waals surface area contributed by atoms with E-state index in [9.17, 15) is 9.90 Å². The first-order valence-corrected chi connectivity index (χ1v) is 8.39. The van der Waals surface area contributed by atoms with E-state index in [1.165, 1.54) is 0 Å². The largest absolute Gasteiger partial charge is 0.494 e. The first-order chi connectivity index (χ1) is 11.6. The number of rotatable bonds is 4. The molecule has 1 heterocycles. The zero-order valence-corrected chi connectivity index (χ0v) is 14.2. The highest BCUT2D eigenvalue weighted by Crippen LogP contribution is 2.34. The van der Waals surface area contributed by atoms with E-state index in [1.807, 2.05) is 56.3 Å². The van der Waals surface area contributed by atoms with E-state index in [4.69, 9.17) is 4.74 Å². The average molecular weight is 325 g/mol. The second-order valence-corrected chi connectivity index (χ2v) is 6.17. The minimum absolute atomic E-state index is 0.0520. The third kappa shape index (κ3) is 3.44. The summed E-state index contributed by atoms with van der Waals surface area (Å²) in [6.45, 7) is 5.12. The van der Waals surface area contributed by atoms with Crippen LogP contribution in [0.1, 0.15) is 36.1 Å². The van der Waals surface area contributed by atoms with Gasteiger partial charge in [-0.3, -0.25) is 4.79 Å². The van der Waals surface area contributed by atoms with E-state index >= 15 is 0 Å². The van der Waals surface area contributed by atoms with Crippen molar-refractivity contribution in [2.45, 2.75) is 32.8 Å². The van der Waals surface area contributed by atoms with E-state index in [-0.39, 0.29) is 5.91 Å². The Morgan fingerprint density at radius 2 is 2.00 bits per heavy atom. The Morgan fingerprint density at radius 1 is 1.25 bits per heavy atom. The predicted octanol–water partition coefficient (Wildman–Crippen LogP) is 3.41. The van der Waals surface area contributed by atoms with Gasteiger partial charge < -0.3 is 14.7 Å². The Labute approximate surface area is 142 Å². The quantitative estimate of drug-likeness (QED) is 0.937. The lowest BCUT2D eigenvalue weighted by atomic mass is 9.96. The van der Waals surface area contributed by atoms with E-state index in [0.717, 1.165) is 28.1 Å². The Hall–Kier alpha value is -2.33. The molecule has 1 amide bonds. The van der Waals surface area contributed by atoms with Crippen molar-refractivity contribution in [1.29, 1.82) is 0 Å². The number of carbonyl (C=O) groups excluding carboxylic acids is 1. The fraction of sp³-hybridized carbons (Fsp3) is 0.350. The monoisotopic (exact) mass is 325 g/mol. The van der Waals surface area contributed by atoms with Crippen LogP contribution in [0.25, 0.3) is 0 Å². The molecule has 1 atom stereocenters. The number of carbonyl (C=O) groups is 1. The van der Waals surface area contributed by atoms with Crippen molar-refractivity contribution in [1.82, 2.24) is 0 Å². The molecule has 0 saturated heterocycles. The van der Waals surface area contributed by atoms with Crippen LogP contribution in [0.5, 0.6) is 5.75 Å². The summed E-state index contributed by atoms with van der Waals surface area (Å²) in [5.74, 6) is 0.867. The summed E-state index contributed by atoms with van der Waals surface area (Å²) < 4.78 is 5.43. The summed E-state index contributed by atoms with van der Waals surface area (Å²) in [6, 6.07) is 13.5. The van der Waals surface area contributed by atoms with Gasteiger partial charge in [0.1, 0.15) is 5.75 Å². The third-order valence-corrected chi connectivity index (χ3v) is 4.35. The predicted molar refractivity (Wildman–Crippen MR) is 94.4 cm³/mol. The molecule has 126 valence electrons. The van der Waals surface area contributed by atoms with Gasteiger partial charge >= 0.3 is 0 Å². The molecule has 4 heteroatoms. The van der Waals surface area contributed by atoms with Crippen LogP contribution in [0, 0.1) is 6.92 Å². The molecular formula is C20H23NO3. The van der Waals surface area contributed by atoms with Crippen LogP contribution in [0.15, 0.2) is 42.5 Å². The fourth-order valence-electron chi connectivity index (χ4n) is 3.11. The normalized spacial score (nSPS) is 16.6. The summed E-state index contributed by atoms with van der Waals surface area (Å²) in [5, 5.41) is 10.2. The van der Waals surface area contributed by atoms with Gasteiger partial charge in [-0.25, -0.2) is 0 Å². The molecule has 1 unspecified atom stereocenters. The van der Waals surface area contributed by atoms with Crippen molar-refractivity contribution >= 4 is 11.6 Å². The average Bonchev–Trinajstić information content (AvgIpc) is 2.57. The highest BCUT2D eigenvalue weighted by molar-refractivity contribution is 5.96. The Kier molecular flexibility index (Phi) is 4.86. The van der Waals surface area contributed by atoms with Gasteiger partial charge in [0.05, 0.1) is 19.1 Å². The molecule has 1 aliphatic heterocycles.